The molecule has 2 rings (SSSR count). The molecule has 0 bridgehead atoms. The van der Waals surface area contributed by atoms with Crippen LogP contribution in [0.4, 0.5) is 8.78 Å². The van der Waals surface area contributed by atoms with Gasteiger partial charge in [-0.15, -0.1) is 11.6 Å². The Balaban J connectivity index is 2.80. The lowest BCUT2D eigenvalue weighted by Crippen LogP contribution is -2.29. The van der Waals surface area contributed by atoms with Crippen LogP contribution in [-0.4, -0.2) is 9.55 Å². The molecule has 0 fully saturated rings. The molecule has 0 aliphatic carbocycles. The summed E-state index contributed by atoms with van der Waals surface area (Å²) in [7, 11) is 0. The molecule has 1 aromatic heterocycles. The van der Waals surface area contributed by atoms with Gasteiger partial charge in [0.2, 0.25) is 0 Å². The molecular weight excluding hydrogens is 270 g/mol. The maximum Gasteiger partial charge on any atom is 0.161 e. The van der Waals surface area contributed by atoms with Crippen LogP contribution in [0, 0.1) is 11.6 Å². The van der Waals surface area contributed by atoms with Gasteiger partial charge in [-0.25, -0.2) is 13.8 Å². The molecule has 0 saturated carbocycles. The van der Waals surface area contributed by atoms with Gasteiger partial charge >= 0.3 is 0 Å². The number of rotatable bonds is 4. The lowest BCUT2D eigenvalue weighted by molar-refractivity contribution is 0.296. The molecule has 0 amide bonds. The summed E-state index contributed by atoms with van der Waals surface area (Å²) in [6.07, 6.45) is 1.72. The highest BCUT2D eigenvalue weighted by Gasteiger charge is 2.27. The van der Waals surface area contributed by atoms with Gasteiger partial charge < -0.3 is 4.57 Å². The minimum Gasteiger partial charge on any atom is -0.321 e. The Kier molecular flexibility index (Phi) is 3.81. The van der Waals surface area contributed by atoms with E-state index < -0.39 is 11.6 Å². The van der Waals surface area contributed by atoms with Crippen molar-refractivity contribution in [3.8, 4) is 0 Å². The number of alkyl halides is 1. The molecule has 19 heavy (non-hydrogen) atoms. The Morgan fingerprint density at radius 2 is 1.79 bits per heavy atom. The highest BCUT2D eigenvalue weighted by molar-refractivity contribution is 6.16. The number of nitrogens with zero attached hydrogens (tertiary/aromatic N) is 2. The quantitative estimate of drug-likeness (QED) is 0.752. The van der Waals surface area contributed by atoms with E-state index in [9.17, 15) is 8.78 Å². The smallest absolute Gasteiger partial charge is 0.161 e. The first kappa shape index (κ1) is 14.3. The van der Waals surface area contributed by atoms with E-state index in [0.29, 0.717) is 16.9 Å². The highest BCUT2D eigenvalue weighted by atomic mass is 35.5. The fraction of sp³-hybridized carbons (Fsp3) is 0.500. The Morgan fingerprint density at radius 1 is 1.21 bits per heavy atom. The van der Waals surface area contributed by atoms with Gasteiger partial charge in [-0.05, 0) is 19.8 Å². The first-order chi connectivity index (χ1) is 8.96. The average Bonchev–Trinajstić information content (AvgIpc) is 2.76. The molecule has 0 aliphatic heterocycles. The highest BCUT2D eigenvalue weighted by Crippen LogP contribution is 2.32. The molecular formula is C14H17ClF2N2. The molecule has 0 spiro atoms. The average molecular weight is 287 g/mol. The van der Waals surface area contributed by atoms with Crippen molar-refractivity contribution in [1.29, 1.82) is 0 Å². The van der Waals surface area contributed by atoms with Crippen molar-refractivity contribution in [2.75, 3.05) is 0 Å². The van der Waals surface area contributed by atoms with Crippen LogP contribution in [0.3, 0.4) is 0 Å². The van der Waals surface area contributed by atoms with Gasteiger partial charge in [0.1, 0.15) is 5.82 Å². The zero-order valence-corrected chi connectivity index (χ0v) is 12.1. The van der Waals surface area contributed by atoms with Crippen LogP contribution in [0.25, 0.3) is 11.0 Å². The largest absolute Gasteiger partial charge is 0.321 e. The lowest BCUT2D eigenvalue weighted by Gasteiger charge is -2.31. The van der Waals surface area contributed by atoms with E-state index >= 15 is 0 Å². The molecule has 1 heterocycles. The van der Waals surface area contributed by atoms with Crippen molar-refractivity contribution < 1.29 is 8.78 Å². The minimum absolute atomic E-state index is 0.205. The van der Waals surface area contributed by atoms with E-state index in [1.807, 2.05) is 4.57 Å². The van der Waals surface area contributed by atoms with Crippen molar-refractivity contribution in [3.63, 3.8) is 0 Å². The Hall–Kier alpha value is -1.16. The summed E-state index contributed by atoms with van der Waals surface area (Å²) in [4.78, 5) is 4.32. The Bertz CT molecular complexity index is 603. The fourth-order valence-corrected chi connectivity index (χ4v) is 2.56. The monoisotopic (exact) mass is 286 g/mol. The molecule has 104 valence electrons. The Morgan fingerprint density at radius 3 is 2.32 bits per heavy atom. The number of benzene rings is 1. The van der Waals surface area contributed by atoms with E-state index in [0.717, 1.165) is 18.9 Å². The zero-order valence-electron chi connectivity index (χ0n) is 11.3. The Labute approximate surface area is 116 Å². The van der Waals surface area contributed by atoms with Crippen molar-refractivity contribution in [3.05, 3.63) is 29.6 Å². The second kappa shape index (κ2) is 5.08. The van der Waals surface area contributed by atoms with Crippen LogP contribution in [-0.2, 0) is 11.4 Å². The van der Waals surface area contributed by atoms with Crippen molar-refractivity contribution >= 4 is 22.6 Å². The van der Waals surface area contributed by atoms with E-state index in [2.05, 4.69) is 25.8 Å². The normalized spacial score (nSPS) is 12.3. The molecule has 5 heteroatoms. The summed E-state index contributed by atoms with van der Waals surface area (Å²) in [6, 6.07) is 2.33. The maximum absolute atomic E-state index is 13.5. The van der Waals surface area contributed by atoms with Crippen LogP contribution in [0.1, 0.15) is 39.4 Å². The summed E-state index contributed by atoms with van der Waals surface area (Å²) >= 11 is 5.93. The van der Waals surface area contributed by atoms with Gasteiger partial charge in [-0.3, -0.25) is 0 Å². The van der Waals surface area contributed by atoms with E-state index in [4.69, 9.17) is 11.6 Å². The van der Waals surface area contributed by atoms with Gasteiger partial charge in [0.15, 0.2) is 11.6 Å². The van der Waals surface area contributed by atoms with E-state index in [1.165, 1.54) is 6.07 Å². The van der Waals surface area contributed by atoms with E-state index in [1.54, 1.807) is 0 Å². The number of halogens is 3. The molecule has 0 aliphatic rings. The van der Waals surface area contributed by atoms with Crippen LogP contribution < -0.4 is 0 Å². The molecule has 0 atom stereocenters. The van der Waals surface area contributed by atoms with Crippen molar-refractivity contribution in [2.45, 2.75) is 45.0 Å². The number of aromatic nitrogens is 2. The minimum atomic E-state index is -0.882. The molecule has 2 aromatic rings. The number of imidazole rings is 1. The molecule has 1 aromatic carbocycles. The van der Waals surface area contributed by atoms with Crippen molar-refractivity contribution in [2.24, 2.45) is 0 Å². The summed E-state index contributed by atoms with van der Waals surface area (Å²) < 4.78 is 28.7. The molecule has 0 radical (unpaired) electrons. The summed E-state index contributed by atoms with van der Waals surface area (Å²) in [5.41, 5.74) is 0.840. The van der Waals surface area contributed by atoms with Gasteiger partial charge in [-0.1, -0.05) is 13.8 Å². The fourth-order valence-electron chi connectivity index (χ4n) is 2.38. The first-order valence-electron chi connectivity index (χ1n) is 6.39. The van der Waals surface area contributed by atoms with Gasteiger partial charge in [0, 0.05) is 17.7 Å². The molecule has 0 N–H and O–H groups in total. The van der Waals surface area contributed by atoms with Crippen LogP contribution in [0.2, 0.25) is 0 Å². The summed E-state index contributed by atoms with van der Waals surface area (Å²) in [6.45, 7) is 6.20. The summed E-state index contributed by atoms with van der Waals surface area (Å²) in [5, 5.41) is 0. The molecule has 0 saturated heterocycles. The third-order valence-electron chi connectivity index (χ3n) is 3.95. The topological polar surface area (TPSA) is 17.8 Å². The molecule has 0 unspecified atom stereocenters. The first-order valence-corrected chi connectivity index (χ1v) is 6.93. The summed E-state index contributed by atoms with van der Waals surface area (Å²) in [5.74, 6) is -0.877. The lowest BCUT2D eigenvalue weighted by atomic mass is 9.94. The second-order valence-electron chi connectivity index (χ2n) is 4.96. The predicted octanol–water partition coefficient (Wildman–Crippen LogP) is 4.59. The predicted molar refractivity (Wildman–Crippen MR) is 73.4 cm³/mol. The maximum atomic E-state index is 13.5. The van der Waals surface area contributed by atoms with Crippen LogP contribution >= 0.6 is 11.6 Å². The van der Waals surface area contributed by atoms with Gasteiger partial charge in [0.05, 0.1) is 16.9 Å². The number of hydrogen-bond donors (Lipinski definition) is 0. The number of fused-ring (bicyclic) bond motifs is 1. The van der Waals surface area contributed by atoms with Crippen LogP contribution in [0.15, 0.2) is 12.1 Å². The third kappa shape index (κ3) is 2.22. The second-order valence-corrected chi connectivity index (χ2v) is 5.22. The molecule has 2 nitrogen and oxygen atoms in total. The third-order valence-corrected chi connectivity index (χ3v) is 4.19. The van der Waals surface area contributed by atoms with Gasteiger partial charge in [0.25, 0.3) is 0 Å². The van der Waals surface area contributed by atoms with Gasteiger partial charge in [-0.2, -0.15) is 0 Å². The standard InChI is InChI=1S/C14H17ClF2N2/c1-4-14(3,5-2)19-12-7-10(17)9(16)6-11(12)18-13(19)8-15/h6-7H,4-5,8H2,1-3H3. The zero-order chi connectivity index (χ0) is 14.2. The van der Waals surface area contributed by atoms with E-state index in [-0.39, 0.29) is 11.4 Å². The number of hydrogen-bond acceptors (Lipinski definition) is 1. The van der Waals surface area contributed by atoms with Crippen LogP contribution in [0.5, 0.6) is 0 Å². The van der Waals surface area contributed by atoms with Crippen molar-refractivity contribution in [1.82, 2.24) is 9.55 Å². The SMILES string of the molecule is CCC(C)(CC)n1c(CCl)nc2cc(F)c(F)cc21.